The van der Waals surface area contributed by atoms with Crippen molar-refractivity contribution in [3.8, 4) is 0 Å². The zero-order valence-corrected chi connectivity index (χ0v) is 22.9. The average Bonchev–Trinajstić information content (AvgIpc) is 3.27. The molecule has 12 unspecified atom stereocenters. The highest BCUT2D eigenvalue weighted by Gasteiger charge is 2.88. The highest BCUT2D eigenvalue weighted by molar-refractivity contribution is 5.89. The lowest BCUT2D eigenvalue weighted by Crippen LogP contribution is -2.76. The van der Waals surface area contributed by atoms with E-state index in [-0.39, 0.29) is 65.2 Å². The summed E-state index contributed by atoms with van der Waals surface area (Å²) in [4.78, 5) is 42.2. The molecular formula is C28H41NO8. The Hall–Kier alpha value is -1.55. The van der Waals surface area contributed by atoms with Crippen LogP contribution in [0.4, 0.5) is 0 Å². The molecule has 0 N–H and O–H groups in total. The smallest absolute Gasteiger partial charge is 0.303 e. The number of rotatable bonds is 7. The maximum absolute atomic E-state index is 14.5. The topological polar surface area (TPSA) is 101 Å². The van der Waals surface area contributed by atoms with Crippen LogP contribution in [0.2, 0.25) is 0 Å². The van der Waals surface area contributed by atoms with Gasteiger partial charge < -0.3 is 23.7 Å². The van der Waals surface area contributed by atoms with Crippen molar-refractivity contribution in [1.29, 1.82) is 0 Å². The molecule has 9 heteroatoms. The van der Waals surface area contributed by atoms with Gasteiger partial charge in [-0.2, -0.15) is 0 Å². The van der Waals surface area contributed by atoms with Crippen LogP contribution < -0.4 is 0 Å². The minimum absolute atomic E-state index is 0.0512. The van der Waals surface area contributed by atoms with Crippen LogP contribution in [0.5, 0.6) is 0 Å². The Morgan fingerprint density at radius 3 is 2.41 bits per heavy atom. The lowest BCUT2D eigenvalue weighted by atomic mass is 9.43. The summed E-state index contributed by atoms with van der Waals surface area (Å²) >= 11 is 0. The molecule has 1 spiro atoms. The van der Waals surface area contributed by atoms with Crippen LogP contribution in [0.1, 0.15) is 46.5 Å². The molecule has 0 aromatic rings. The first-order valence-corrected chi connectivity index (χ1v) is 13.9. The van der Waals surface area contributed by atoms with E-state index in [0.29, 0.717) is 31.7 Å². The number of likely N-dealkylation sites (tertiary alicyclic amines) is 1. The first-order chi connectivity index (χ1) is 17.7. The van der Waals surface area contributed by atoms with E-state index in [1.54, 1.807) is 21.3 Å². The predicted octanol–water partition coefficient (Wildman–Crippen LogP) is 1.85. The number of carbonyl (C=O) groups excluding carboxylic acids is 3. The maximum atomic E-state index is 14.5. The van der Waals surface area contributed by atoms with Gasteiger partial charge in [-0.1, -0.05) is 6.92 Å². The van der Waals surface area contributed by atoms with Crippen LogP contribution in [-0.4, -0.2) is 93.6 Å². The van der Waals surface area contributed by atoms with Crippen molar-refractivity contribution in [3.05, 3.63) is 0 Å². The Bertz CT molecular complexity index is 1000. The van der Waals surface area contributed by atoms with Crippen LogP contribution >= 0.6 is 0 Å². The quantitative estimate of drug-likeness (QED) is 0.467. The third-order valence-electron chi connectivity index (χ3n) is 11.5. The maximum Gasteiger partial charge on any atom is 0.303 e. The van der Waals surface area contributed by atoms with Crippen LogP contribution in [0.25, 0.3) is 0 Å². The number of carbonyl (C=O) groups is 3. The highest BCUT2D eigenvalue weighted by Crippen LogP contribution is 2.79. The van der Waals surface area contributed by atoms with Crippen molar-refractivity contribution < 1.29 is 38.1 Å². The second kappa shape index (κ2) is 8.47. The van der Waals surface area contributed by atoms with Crippen molar-refractivity contribution in [2.45, 2.75) is 76.4 Å². The SMILES string of the molecule is CCN1CC2(COC)CCC(=O)C34C5CC6C(OC)CC(OC(C)=O)(C5C6OC(C)=O)C(C(OC)C23)C14. The summed E-state index contributed by atoms with van der Waals surface area (Å²) in [5.74, 6) is -1.16. The Kier molecular flexibility index (Phi) is 5.89. The molecule has 6 rings (SSSR count). The number of ketones is 1. The molecular weight excluding hydrogens is 478 g/mol. The van der Waals surface area contributed by atoms with Gasteiger partial charge in [0, 0.05) is 89.7 Å². The monoisotopic (exact) mass is 519 g/mol. The molecule has 1 aliphatic heterocycles. The minimum atomic E-state index is -0.963. The number of fused-ring (bicyclic) bond motifs is 2. The minimum Gasteiger partial charge on any atom is -0.462 e. The summed E-state index contributed by atoms with van der Waals surface area (Å²) < 4.78 is 30.9. The number of esters is 2. The second-order valence-electron chi connectivity index (χ2n) is 12.5. The Morgan fingerprint density at radius 1 is 1.05 bits per heavy atom. The summed E-state index contributed by atoms with van der Waals surface area (Å²) in [7, 11) is 5.15. The normalized spacial score (nSPS) is 51.2. The van der Waals surface area contributed by atoms with E-state index in [0.717, 1.165) is 19.5 Å². The molecule has 1 saturated heterocycles. The van der Waals surface area contributed by atoms with Gasteiger partial charge in [-0.25, -0.2) is 0 Å². The first-order valence-electron chi connectivity index (χ1n) is 13.9. The van der Waals surface area contributed by atoms with Gasteiger partial charge in [-0.3, -0.25) is 19.3 Å². The van der Waals surface area contributed by atoms with E-state index < -0.39 is 17.1 Å². The van der Waals surface area contributed by atoms with E-state index in [1.807, 2.05) is 0 Å². The van der Waals surface area contributed by atoms with Crippen molar-refractivity contribution in [2.75, 3.05) is 41.0 Å². The molecule has 0 aromatic carbocycles. The first kappa shape index (κ1) is 25.7. The van der Waals surface area contributed by atoms with E-state index in [4.69, 9.17) is 23.7 Å². The Morgan fingerprint density at radius 2 is 1.81 bits per heavy atom. The molecule has 9 nitrogen and oxygen atoms in total. The molecule has 5 saturated carbocycles. The van der Waals surface area contributed by atoms with Crippen LogP contribution in [0.3, 0.4) is 0 Å². The lowest BCUT2D eigenvalue weighted by Gasteiger charge is -2.66. The third kappa shape index (κ3) is 2.92. The lowest BCUT2D eigenvalue weighted by molar-refractivity contribution is -0.253. The molecule has 6 fully saturated rings. The van der Waals surface area contributed by atoms with Crippen molar-refractivity contribution in [2.24, 2.45) is 40.4 Å². The van der Waals surface area contributed by atoms with Crippen LogP contribution in [-0.2, 0) is 38.1 Å². The number of methoxy groups -OCH3 is 3. The van der Waals surface area contributed by atoms with Crippen molar-refractivity contribution in [1.82, 2.24) is 4.90 Å². The molecule has 0 aromatic heterocycles. The number of hydrogen-bond acceptors (Lipinski definition) is 9. The number of ether oxygens (including phenoxy) is 5. The molecule has 6 aliphatic rings. The Balaban J connectivity index is 1.65. The van der Waals surface area contributed by atoms with Crippen molar-refractivity contribution in [3.63, 3.8) is 0 Å². The van der Waals surface area contributed by atoms with E-state index in [1.165, 1.54) is 13.8 Å². The fourth-order valence-electron chi connectivity index (χ4n) is 11.1. The molecule has 0 amide bonds. The van der Waals surface area contributed by atoms with E-state index in [2.05, 4.69) is 11.8 Å². The molecule has 1 heterocycles. The molecule has 5 aliphatic carbocycles. The van der Waals surface area contributed by atoms with Gasteiger partial charge in [0.25, 0.3) is 0 Å². The van der Waals surface area contributed by atoms with Gasteiger partial charge in [0.1, 0.15) is 17.5 Å². The predicted molar refractivity (Wildman–Crippen MR) is 130 cm³/mol. The van der Waals surface area contributed by atoms with Gasteiger partial charge in [0.15, 0.2) is 0 Å². The third-order valence-corrected chi connectivity index (χ3v) is 11.5. The molecule has 37 heavy (non-hydrogen) atoms. The van der Waals surface area contributed by atoms with Crippen LogP contribution in [0, 0.1) is 40.4 Å². The van der Waals surface area contributed by atoms with Gasteiger partial charge >= 0.3 is 11.9 Å². The summed E-state index contributed by atoms with van der Waals surface area (Å²) in [6.45, 7) is 7.19. The number of Topliss-reactive ketones (excluding diaryl/α,β-unsaturated/α-hetero) is 1. The summed E-state index contributed by atoms with van der Waals surface area (Å²) in [6, 6.07) is -0.113. The largest absolute Gasteiger partial charge is 0.462 e. The zero-order chi connectivity index (χ0) is 26.5. The van der Waals surface area contributed by atoms with Gasteiger partial charge in [-0.05, 0) is 25.3 Å². The number of nitrogens with zero attached hydrogens (tertiary/aromatic N) is 1. The molecule has 206 valence electrons. The van der Waals surface area contributed by atoms with Gasteiger partial charge in [-0.15, -0.1) is 0 Å². The average molecular weight is 520 g/mol. The van der Waals surface area contributed by atoms with Crippen molar-refractivity contribution >= 4 is 17.7 Å². The number of piperidine rings is 1. The Labute approximate surface area is 218 Å². The standard InChI is InChI=1S/C28H41NO8/c1-7-29-12-26(13-33-4)9-8-19(32)28-17-10-16-18(34-5)11-27(37-15(3)31,20(17)22(16)36-14(2)30)21(25(28)29)23(35-6)24(26)28/h16-18,20-25H,7-13H2,1-6H3. The number of hydrogen-bond donors (Lipinski definition) is 0. The highest BCUT2D eigenvalue weighted by atomic mass is 16.6. The zero-order valence-electron chi connectivity index (χ0n) is 22.9. The molecule has 0 radical (unpaired) electrons. The summed E-state index contributed by atoms with van der Waals surface area (Å²) in [6.07, 6.45) is 1.47. The van der Waals surface area contributed by atoms with Gasteiger partial charge in [0.2, 0.25) is 0 Å². The summed E-state index contributed by atoms with van der Waals surface area (Å²) in [5.41, 5.74) is -1.87. The van der Waals surface area contributed by atoms with Gasteiger partial charge in [0.05, 0.1) is 24.2 Å². The fourth-order valence-corrected chi connectivity index (χ4v) is 11.1. The second-order valence-corrected chi connectivity index (χ2v) is 12.5. The molecule has 12 atom stereocenters. The van der Waals surface area contributed by atoms with E-state index in [9.17, 15) is 14.4 Å². The summed E-state index contributed by atoms with van der Waals surface area (Å²) in [5, 5.41) is 0. The molecule has 7 bridgehead atoms. The van der Waals surface area contributed by atoms with E-state index >= 15 is 0 Å². The van der Waals surface area contributed by atoms with Crippen LogP contribution in [0.15, 0.2) is 0 Å². The fraction of sp³-hybridized carbons (Fsp3) is 0.893.